The van der Waals surface area contributed by atoms with E-state index in [4.69, 9.17) is 0 Å². The third-order valence-electron chi connectivity index (χ3n) is 3.29. The number of hydrogen-bond acceptors (Lipinski definition) is 4. The fourth-order valence-corrected chi connectivity index (χ4v) is 2.13. The summed E-state index contributed by atoms with van der Waals surface area (Å²) < 4.78 is 41.5. The number of hydrogen-bond donors (Lipinski definition) is 1. The third kappa shape index (κ3) is 2.88. The van der Waals surface area contributed by atoms with Crippen molar-refractivity contribution in [3.63, 3.8) is 0 Å². The molecule has 0 aromatic carbocycles. The van der Waals surface area contributed by atoms with E-state index in [2.05, 4.69) is 20.0 Å². The Bertz CT molecular complexity index is 654. The second kappa shape index (κ2) is 4.87. The van der Waals surface area contributed by atoms with Crippen LogP contribution < -0.4 is 5.32 Å². The molecule has 0 saturated heterocycles. The van der Waals surface area contributed by atoms with Crippen LogP contribution in [0.4, 0.5) is 19.1 Å². The van der Waals surface area contributed by atoms with Crippen LogP contribution in [-0.4, -0.2) is 16.0 Å². The van der Waals surface area contributed by atoms with Gasteiger partial charge in [-0.15, -0.1) is 0 Å². The summed E-state index contributed by atoms with van der Waals surface area (Å²) in [5.41, 5.74) is -0.233. The summed E-state index contributed by atoms with van der Waals surface area (Å²) in [5, 5.41) is 5.18. The maximum Gasteiger partial charge on any atom is 0.436 e. The SMILES string of the molecule is O=C(Nc1cc(C(F)(F)F)no1)[C@@H]1C[C@H]1c1cccnc1. The molecule has 0 aliphatic heterocycles. The third-order valence-corrected chi connectivity index (χ3v) is 3.29. The Balaban J connectivity index is 1.62. The van der Waals surface area contributed by atoms with Crippen LogP contribution in [0.1, 0.15) is 23.6 Å². The van der Waals surface area contributed by atoms with Gasteiger partial charge in [0.25, 0.3) is 0 Å². The number of nitrogens with zero attached hydrogens (tertiary/aromatic N) is 2. The van der Waals surface area contributed by atoms with Gasteiger partial charge in [-0.3, -0.25) is 15.1 Å². The van der Waals surface area contributed by atoms with Gasteiger partial charge in [0.1, 0.15) is 0 Å². The topological polar surface area (TPSA) is 68.0 Å². The van der Waals surface area contributed by atoms with Crippen molar-refractivity contribution in [1.29, 1.82) is 0 Å². The molecule has 2 aromatic heterocycles. The van der Waals surface area contributed by atoms with E-state index in [0.29, 0.717) is 12.5 Å². The number of nitrogens with one attached hydrogen (secondary N) is 1. The van der Waals surface area contributed by atoms with Crippen LogP contribution in [0.15, 0.2) is 35.1 Å². The molecule has 1 saturated carbocycles. The first-order chi connectivity index (χ1) is 9.95. The first-order valence-corrected chi connectivity index (χ1v) is 6.20. The van der Waals surface area contributed by atoms with Crippen LogP contribution in [0.5, 0.6) is 0 Å². The molecule has 0 unspecified atom stereocenters. The van der Waals surface area contributed by atoms with Crippen molar-refractivity contribution < 1.29 is 22.5 Å². The average molecular weight is 297 g/mol. The zero-order chi connectivity index (χ0) is 15.0. The highest BCUT2D eigenvalue weighted by molar-refractivity contribution is 5.94. The molecule has 21 heavy (non-hydrogen) atoms. The molecule has 5 nitrogen and oxygen atoms in total. The molecule has 2 atom stereocenters. The van der Waals surface area contributed by atoms with Crippen molar-refractivity contribution in [2.45, 2.75) is 18.5 Å². The second-order valence-corrected chi connectivity index (χ2v) is 4.80. The molecule has 1 fully saturated rings. The predicted molar refractivity (Wildman–Crippen MR) is 65.2 cm³/mol. The predicted octanol–water partition coefficient (Wildman–Crippen LogP) is 2.83. The molecule has 1 aliphatic rings. The van der Waals surface area contributed by atoms with Crippen molar-refractivity contribution in [3.05, 3.63) is 41.9 Å². The van der Waals surface area contributed by atoms with E-state index in [1.807, 2.05) is 6.07 Å². The molecule has 110 valence electrons. The quantitative estimate of drug-likeness (QED) is 0.946. The maximum atomic E-state index is 12.4. The van der Waals surface area contributed by atoms with E-state index < -0.39 is 11.9 Å². The summed E-state index contributed by atoms with van der Waals surface area (Å²) in [6, 6.07) is 4.30. The van der Waals surface area contributed by atoms with Crippen LogP contribution in [0, 0.1) is 5.92 Å². The highest BCUT2D eigenvalue weighted by Crippen LogP contribution is 2.47. The molecule has 1 amide bonds. The second-order valence-electron chi connectivity index (χ2n) is 4.80. The Morgan fingerprint density at radius 3 is 2.86 bits per heavy atom. The summed E-state index contributed by atoms with van der Waals surface area (Å²) in [6.07, 6.45) is -0.648. The van der Waals surface area contributed by atoms with E-state index >= 15 is 0 Å². The van der Waals surface area contributed by atoms with Gasteiger partial charge >= 0.3 is 6.18 Å². The number of carbonyl (C=O) groups is 1. The molecular weight excluding hydrogens is 287 g/mol. The first-order valence-electron chi connectivity index (χ1n) is 6.20. The largest absolute Gasteiger partial charge is 0.436 e. The number of halogens is 3. The van der Waals surface area contributed by atoms with Crippen LogP contribution in [0.2, 0.25) is 0 Å². The highest BCUT2D eigenvalue weighted by atomic mass is 19.4. The Kier molecular flexibility index (Phi) is 3.15. The monoisotopic (exact) mass is 297 g/mol. The lowest BCUT2D eigenvalue weighted by atomic mass is 10.1. The molecule has 3 rings (SSSR count). The number of anilines is 1. The van der Waals surface area contributed by atoms with Gasteiger partial charge in [-0.25, -0.2) is 0 Å². The molecule has 1 N–H and O–H groups in total. The molecule has 1 aliphatic carbocycles. The fraction of sp³-hybridized carbons (Fsp3) is 0.308. The minimum absolute atomic E-state index is 0.0451. The van der Waals surface area contributed by atoms with Crippen LogP contribution >= 0.6 is 0 Å². The maximum absolute atomic E-state index is 12.4. The molecule has 0 spiro atoms. The van der Waals surface area contributed by atoms with Crippen LogP contribution in [0.3, 0.4) is 0 Å². The van der Waals surface area contributed by atoms with Gasteiger partial charge in [0.2, 0.25) is 11.8 Å². The van der Waals surface area contributed by atoms with Gasteiger partial charge in [0.15, 0.2) is 5.69 Å². The van der Waals surface area contributed by atoms with Gasteiger partial charge < -0.3 is 4.52 Å². The summed E-state index contributed by atoms with van der Waals surface area (Å²) in [7, 11) is 0. The van der Waals surface area contributed by atoms with Crippen LogP contribution in [0.25, 0.3) is 0 Å². The summed E-state index contributed by atoms with van der Waals surface area (Å²) in [6.45, 7) is 0. The number of pyridine rings is 1. The molecule has 8 heteroatoms. The van der Waals surface area contributed by atoms with Crippen molar-refractivity contribution in [2.75, 3.05) is 5.32 Å². The van der Waals surface area contributed by atoms with E-state index in [-0.39, 0.29) is 23.6 Å². The van der Waals surface area contributed by atoms with Gasteiger partial charge in [-0.2, -0.15) is 13.2 Å². The first kappa shape index (κ1) is 13.6. The van der Waals surface area contributed by atoms with Gasteiger partial charge in [-0.1, -0.05) is 11.2 Å². The van der Waals surface area contributed by atoms with Gasteiger partial charge in [-0.05, 0) is 24.0 Å². The highest BCUT2D eigenvalue weighted by Gasteiger charge is 2.44. The van der Waals surface area contributed by atoms with E-state index in [9.17, 15) is 18.0 Å². The van der Waals surface area contributed by atoms with E-state index in [1.54, 1.807) is 18.5 Å². The number of carbonyl (C=O) groups excluding carboxylic acids is 1. The Morgan fingerprint density at radius 1 is 1.43 bits per heavy atom. The van der Waals surface area contributed by atoms with Crippen molar-refractivity contribution >= 4 is 11.8 Å². The molecule has 0 radical (unpaired) electrons. The Morgan fingerprint density at radius 2 is 2.24 bits per heavy atom. The summed E-state index contributed by atoms with van der Waals surface area (Å²) >= 11 is 0. The number of alkyl halides is 3. The molecule has 2 aromatic rings. The molecule has 0 bridgehead atoms. The zero-order valence-corrected chi connectivity index (χ0v) is 10.6. The number of amides is 1. The normalized spacial score (nSPS) is 21.1. The lowest BCUT2D eigenvalue weighted by Gasteiger charge is -2.00. The average Bonchev–Trinajstić information content (AvgIpc) is 3.11. The Labute approximate surface area is 117 Å². The van der Waals surface area contributed by atoms with Gasteiger partial charge in [0.05, 0.1) is 0 Å². The smallest absolute Gasteiger partial charge is 0.338 e. The molecule has 2 heterocycles. The van der Waals surface area contributed by atoms with Crippen LogP contribution in [-0.2, 0) is 11.0 Å². The van der Waals surface area contributed by atoms with Crippen molar-refractivity contribution in [3.8, 4) is 0 Å². The summed E-state index contributed by atoms with van der Waals surface area (Å²) in [4.78, 5) is 15.9. The Hall–Kier alpha value is -2.38. The minimum Gasteiger partial charge on any atom is -0.338 e. The van der Waals surface area contributed by atoms with E-state index in [0.717, 1.165) is 5.56 Å². The minimum atomic E-state index is -4.59. The van der Waals surface area contributed by atoms with Crippen molar-refractivity contribution in [2.24, 2.45) is 5.92 Å². The zero-order valence-electron chi connectivity index (χ0n) is 10.6. The number of aromatic nitrogens is 2. The van der Waals surface area contributed by atoms with Crippen molar-refractivity contribution in [1.82, 2.24) is 10.1 Å². The summed E-state index contributed by atoms with van der Waals surface area (Å²) in [5.74, 6) is -0.921. The lowest BCUT2D eigenvalue weighted by molar-refractivity contribution is -0.142. The van der Waals surface area contributed by atoms with E-state index in [1.165, 1.54) is 0 Å². The number of rotatable bonds is 3. The lowest BCUT2D eigenvalue weighted by Crippen LogP contribution is -2.14. The fourth-order valence-electron chi connectivity index (χ4n) is 2.13. The van der Waals surface area contributed by atoms with Gasteiger partial charge in [0, 0.05) is 24.4 Å². The molecular formula is C13H10F3N3O2. The standard InChI is InChI=1S/C13H10F3N3O2/c14-13(15,16)10-5-11(21-19-10)18-12(20)9-4-8(9)7-2-1-3-17-6-7/h1-3,5-6,8-9H,4H2,(H,18,20)/t8-,9+/m0/s1.